The lowest BCUT2D eigenvalue weighted by atomic mass is 10.0. The molecule has 0 fully saturated rings. The van der Waals surface area contributed by atoms with Crippen molar-refractivity contribution in [2.45, 2.75) is 43.9 Å². The van der Waals surface area contributed by atoms with E-state index in [0.717, 1.165) is 30.5 Å². The average molecular weight is 380 g/mol. The molecule has 0 atom stereocenters. The minimum absolute atomic E-state index is 0.0487. The average Bonchev–Trinajstić information content (AvgIpc) is 2.97. The number of sulfonamides is 1. The molecule has 0 unspecified atom stereocenters. The van der Waals surface area contributed by atoms with Crippen LogP contribution in [0.1, 0.15) is 35.4 Å². The molecule has 2 N–H and O–H groups in total. The van der Waals surface area contributed by atoms with Crippen molar-refractivity contribution in [2.75, 3.05) is 11.9 Å². The predicted molar refractivity (Wildman–Crippen MR) is 98.4 cm³/mol. The number of nitrogens with one attached hydrogen (secondary N) is 2. The number of thiazole rings is 1. The van der Waals surface area contributed by atoms with Crippen LogP contribution < -0.4 is 10.0 Å². The molecule has 8 heteroatoms. The fourth-order valence-electron chi connectivity index (χ4n) is 2.69. The molecule has 1 aromatic heterocycles. The molecule has 0 radical (unpaired) electrons. The zero-order chi connectivity index (χ0) is 17.9. The first-order chi connectivity index (χ1) is 11.9. The number of aromatic nitrogens is 1. The molecule has 0 saturated heterocycles. The molecular formula is C17H21N3O3S2. The van der Waals surface area contributed by atoms with Crippen LogP contribution in [0.2, 0.25) is 0 Å². The van der Waals surface area contributed by atoms with Crippen molar-refractivity contribution in [3.8, 4) is 0 Å². The van der Waals surface area contributed by atoms with Gasteiger partial charge in [-0.2, -0.15) is 0 Å². The second kappa shape index (κ2) is 7.63. The number of aryl methyl sites for hydroxylation is 3. The van der Waals surface area contributed by atoms with Crippen LogP contribution in [0.3, 0.4) is 0 Å². The van der Waals surface area contributed by atoms with E-state index < -0.39 is 10.0 Å². The van der Waals surface area contributed by atoms with Gasteiger partial charge in [-0.25, -0.2) is 18.1 Å². The van der Waals surface area contributed by atoms with Gasteiger partial charge in [-0.1, -0.05) is 17.7 Å². The van der Waals surface area contributed by atoms with Crippen LogP contribution in [0.25, 0.3) is 0 Å². The number of benzene rings is 1. The maximum atomic E-state index is 12.2. The molecule has 25 heavy (non-hydrogen) atoms. The molecular weight excluding hydrogens is 358 g/mol. The summed E-state index contributed by atoms with van der Waals surface area (Å²) in [6, 6.07) is 6.59. The van der Waals surface area contributed by atoms with Gasteiger partial charge < -0.3 is 5.32 Å². The van der Waals surface area contributed by atoms with E-state index in [0.29, 0.717) is 5.13 Å². The highest BCUT2D eigenvalue weighted by Gasteiger charge is 2.17. The highest BCUT2D eigenvalue weighted by atomic mass is 32.2. The Hall–Kier alpha value is -1.77. The first kappa shape index (κ1) is 18.0. The molecule has 0 bridgehead atoms. The largest absolute Gasteiger partial charge is 0.302 e. The lowest BCUT2D eigenvalue weighted by Gasteiger charge is -2.07. The van der Waals surface area contributed by atoms with Crippen molar-refractivity contribution in [3.63, 3.8) is 0 Å². The van der Waals surface area contributed by atoms with Crippen molar-refractivity contribution in [2.24, 2.45) is 0 Å². The van der Waals surface area contributed by atoms with Gasteiger partial charge in [0, 0.05) is 17.8 Å². The fraction of sp³-hybridized carbons (Fsp3) is 0.412. The normalized spacial score (nSPS) is 14.1. The van der Waals surface area contributed by atoms with Gasteiger partial charge in [0.15, 0.2) is 5.13 Å². The van der Waals surface area contributed by atoms with Crippen LogP contribution in [0.4, 0.5) is 5.13 Å². The molecule has 3 rings (SSSR count). The summed E-state index contributed by atoms with van der Waals surface area (Å²) in [4.78, 5) is 17.9. The van der Waals surface area contributed by atoms with Gasteiger partial charge in [0.2, 0.25) is 15.9 Å². The minimum Gasteiger partial charge on any atom is -0.302 e. The van der Waals surface area contributed by atoms with Gasteiger partial charge in [0.1, 0.15) is 0 Å². The Balaban J connectivity index is 1.50. The van der Waals surface area contributed by atoms with Crippen LogP contribution in [0.5, 0.6) is 0 Å². The van der Waals surface area contributed by atoms with Gasteiger partial charge in [0.25, 0.3) is 0 Å². The van der Waals surface area contributed by atoms with E-state index in [9.17, 15) is 13.2 Å². The lowest BCUT2D eigenvalue weighted by Crippen LogP contribution is -2.27. The highest BCUT2D eigenvalue weighted by Crippen LogP contribution is 2.29. The van der Waals surface area contributed by atoms with Crippen LogP contribution in [-0.4, -0.2) is 25.9 Å². The van der Waals surface area contributed by atoms with E-state index >= 15 is 0 Å². The Morgan fingerprint density at radius 3 is 2.64 bits per heavy atom. The van der Waals surface area contributed by atoms with Gasteiger partial charge in [-0.05, 0) is 44.7 Å². The van der Waals surface area contributed by atoms with E-state index in [-0.39, 0.29) is 23.8 Å². The zero-order valence-corrected chi connectivity index (χ0v) is 15.7. The summed E-state index contributed by atoms with van der Waals surface area (Å²) in [6.45, 7) is 1.94. The Morgan fingerprint density at radius 2 is 1.92 bits per heavy atom. The zero-order valence-electron chi connectivity index (χ0n) is 14.0. The number of carbonyl (C=O) groups excluding carboxylic acids is 1. The molecule has 1 aromatic carbocycles. The predicted octanol–water partition coefficient (Wildman–Crippen LogP) is 2.64. The Morgan fingerprint density at radius 1 is 1.20 bits per heavy atom. The fourth-order valence-corrected chi connectivity index (χ4v) is 4.78. The van der Waals surface area contributed by atoms with Crippen LogP contribution in [0, 0.1) is 6.92 Å². The van der Waals surface area contributed by atoms with E-state index in [1.807, 2.05) is 6.92 Å². The topological polar surface area (TPSA) is 88.2 Å². The number of fused-ring (bicyclic) bond motifs is 1. The smallest absolute Gasteiger partial charge is 0.240 e. The number of anilines is 1. The number of rotatable bonds is 6. The van der Waals surface area contributed by atoms with Crippen molar-refractivity contribution in [3.05, 3.63) is 40.4 Å². The third-order valence-electron chi connectivity index (χ3n) is 4.07. The summed E-state index contributed by atoms with van der Waals surface area (Å²) in [7, 11) is -3.59. The second-order valence-electron chi connectivity index (χ2n) is 6.10. The summed E-state index contributed by atoms with van der Waals surface area (Å²) in [5.74, 6) is -0.238. The molecule has 1 aliphatic carbocycles. The van der Waals surface area contributed by atoms with E-state index in [4.69, 9.17) is 0 Å². The standard InChI is InChI=1S/C17H21N3O3S2/c1-12-6-8-13(9-7-12)25(22,23)18-11-10-16(21)20-17-19-14-4-2-3-5-15(14)24-17/h6-9,18H,2-5,10-11H2,1H3,(H,19,20,21). The molecule has 0 spiro atoms. The van der Waals surface area contributed by atoms with E-state index in [1.54, 1.807) is 24.3 Å². The Bertz CT molecular complexity index is 834. The van der Waals surface area contributed by atoms with Crippen LogP contribution in [-0.2, 0) is 27.7 Å². The van der Waals surface area contributed by atoms with Crippen LogP contribution >= 0.6 is 11.3 Å². The Labute approximate surface area is 151 Å². The number of carbonyl (C=O) groups is 1. The number of nitrogens with zero attached hydrogens (tertiary/aromatic N) is 1. The van der Waals surface area contributed by atoms with Gasteiger partial charge in [0.05, 0.1) is 10.6 Å². The number of hydrogen-bond acceptors (Lipinski definition) is 5. The number of amides is 1. The first-order valence-corrected chi connectivity index (χ1v) is 10.6. The SMILES string of the molecule is Cc1ccc(S(=O)(=O)NCCC(=O)Nc2nc3c(s2)CCCC3)cc1. The molecule has 0 aliphatic heterocycles. The third-order valence-corrected chi connectivity index (χ3v) is 6.62. The summed E-state index contributed by atoms with van der Waals surface area (Å²) < 4.78 is 26.8. The maximum Gasteiger partial charge on any atom is 0.240 e. The first-order valence-electron chi connectivity index (χ1n) is 8.29. The third kappa shape index (κ3) is 4.65. The molecule has 6 nitrogen and oxygen atoms in total. The second-order valence-corrected chi connectivity index (χ2v) is 8.96. The van der Waals surface area contributed by atoms with Crippen molar-refractivity contribution in [1.29, 1.82) is 0 Å². The molecule has 1 amide bonds. The molecule has 134 valence electrons. The molecule has 1 aliphatic rings. The molecule has 1 heterocycles. The van der Waals surface area contributed by atoms with Crippen molar-refractivity contribution >= 4 is 32.4 Å². The quantitative estimate of drug-likeness (QED) is 0.808. The van der Waals surface area contributed by atoms with E-state index in [2.05, 4.69) is 15.0 Å². The van der Waals surface area contributed by atoms with Crippen molar-refractivity contribution in [1.82, 2.24) is 9.71 Å². The summed E-state index contributed by atoms with van der Waals surface area (Å²) in [5.41, 5.74) is 2.08. The van der Waals surface area contributed by atoms with Crippen LogP contribution in [0.15, 0.2) is 29.2 Å². The maximum absolute atomic E-state index is 12.2. The van der Waals surface area contributed by atoms with Crippen molar-refractivity contribution < 1.29 is 13.2 Å². The number of hydrogen-bond donors (Lipinski definition) is 2. The summed E-state index contributed by atoms with van der Waals surface area (Å²) in [6.07, 6.45) is 4.38. The summed E-state index contributed by atoms with van der Waals surface area (Å²) >= 11 is 1.52. The lowest BCUT2D eigenvalue weighted by molar-refractivity contribution is -0.116. The van der Waals surface area contributed by atoms with E-state index in [1.165, 1.54) is 22.6 Å². The Kier molecular flexibility index (Phi) is 5.51. The molecule has 2 aromatic rings. The van der Waals surface area contributed by atoms with Gasteiger partial charge in [-0.3, -0.25) is 4.79 Å². The monoisotopic (exact) mass is 379 g/mol. The molecule has 0 saturated carbocycles. The van der Waals surface area contributed by atoms with Gasteiger partial charge in [-0.15, -0.1) is 11.3 Å². The summed E-state index contributed by atoms with van der Waals surface area (Å²) in [5, 5.41) is 3.38. The van der Waals surface area contributed by atoms with Gasteiger partial charge >= 0.3 is 0 Å². The minimum atomic E-state index is -3.59. The highest BCUT2D eigenvalue weighted by molar-refractivity contribution is 7.89.